The standard InChI is InChI=1S/C12H11BrClN3O2S/c13-8-5-4-7(14)6-10(8)17-9-2-1-3-11(12(9)15)20(16,18)19/h1-6,17H,15H2,(H2,16,18,19). The average Bonchev–Trinajstić information content (AvgIpc) is 2.35. The second-order valence-electron chi connectivity index (χ2n) is 4.01. The van der Waals surface area contributed by atoms with Gasteiger partial charge in [-0.05, 0) is 46.3 Å². The number of rotatable bonds is 3. The highest BCUT2D eigenvalue weighted by Crippen LogP contribution is 2.33. The molecule has 0 spiro atoms. The molecule has 0 unspecified atom stereocenters. The lowest BCUT2D eigenvalue weighted by molar-refractivity contribution is 0.598. The molecule has 0 aliphatic heterocycles. The fraction of sp³-hybridized carbons (Fsp3) is 0. The lowest BCUT2D eigenvalue weighted by atomic mass is 10.2. The summed E-state index contributed by atoms with van der Waals surface area (Å²) in [5.41, 5.74) is 6.99. The van der Waals surface area contributed by atoms with Crippen molar-refractivity contribution in [3.63, 3.8) is 0 Å². The third-order valence-electron chi connectivity index (χ3n) is 2.57. The van der Waals surface area contributed by atoms with Gasteiger partial charge in [-0.3, -0.25) is 0 Å². The molecule has 2 aromatic carbocycles. The first-order valence-corrected chi connectivity index (χ1v) is 8.14. The van der Waals surface area contributed by atoms with Crippen LogP contribution in [0.2, 0.25) is 5.02 Å². The third kappa shape index (κ3) is 3.24. The summed E-state index contributed by atoms with van der Waals surface area (Å²) < 4.78 is 23.6. The van der Waals surface area contributed by atoms with Gasteiger partial charge < -0.3 is 11.1 Å². The zero-order chi connectivity index (χ0) is 14.9. The van der Waals surface area contributed by atoms with Crippen LogP contribution in [-0.4, -0.2) is 8.42 Å². The summed E-state index contributed by atoms with van der Waals surface area (Å²) >= 11 is 9.28. The zero-order valence-electron chi connectivity index (χ0n) is 10.1. The number of nitrogens with two attached hydrogens (primary N) is 2. The number of primary sulfonamides is 1. The van der Waals surface area contributed by atoms with E-state index in [0.717, 1.165) is 4.47 Å². The van der Waals surface area contributed by atoms with Gasteiger partial charge >= 0.3 is 0 Å². The number of nitrogen functional groups attached to an aromatic ring is 1. The van der Waals surface area contributed by atoms with Crippen LogP contribution in [0.4, 0.5) is 17.1 Å². The Morgan fingerprint density at radius 1 is 1.15 bits per heavy atom. The summed E-state index contributed by atoms with van der Waals surface area (Å²) in [4.78, 5) is -0.124. The molecule has 0 heterocycles. The number of sulfonamides is 1. The van der Waals surface area contributed by atoms with E-state index in [1.165, 1.54) is 6.07 Å². The van der Waals surface area contributed by atoms with E-state index in [0.29, 0.717) is 16.4 Å². The smallest absolute Gasteiger partial charge is 0.240 e. The maximum absolute atomic E-state index is 11.4. The number of halogens is 2. The van der Waals surface area contributed by atoms with Gasteiger partial charge in [0.25, 0.3) is 0 Å². The summed E-state index contributed by atoms with van der Waals surface area (Å²) in [6, 6.07) is 9.73. The lowest BCUT2D eigenvalue weighted by Crippen LogP contribution is -2.15. The SMILES string of the molecule is Nc1c(Nc2cc(Cl)ccc2Br)cccc1S(N)(=O)=O. The summed E-state index contributed by atoms with van der Waals surface area (Å²) in [6.45, 7) is 0. The molecule has 0 aliphatic rings. The monoisotopic (exact) mass is 375 g/mol. The van der Waals surface area contributed by atoms with Crippen molar-refractivity contribution < 1.29 is 8.42 Å². The molecule has 106 valence electrons. The van der Waals surface area contributed by atoms with Gasteiger partial charge in [-0.1, -0.05) is 17.7 Å². The Labute approximate surface area is 130 Å². The van der Waals surface area contributed by atoms with Crippen LogP contribution in [0, 0.1) is 0 Å². The highest BCUT2D eigenvalue weighted by Gasteiger charge is 2.15. The van der Waals surface area contributed by atoms with Crippen LogP contribution in [0.1, 0.15) is 0 Å². The quantitative estimate of drug-likeness (QED) is 0.717. The molecule has 20 heavy (non-hydrogen) atoms. The van der Waals surface area contributed by atoms with Crippen molar-refractivity contribution in [2.75, 3.05) is 11.1 Å². The van der Waals surface area contributed by atoms with Crippen molar-refractivity contribution in [1.82, 2.24) is 0 Å². The molecule has 0 saturated carbocycles. The van der Waals surface area contributed by atoms with Gasteiger partial charge in [0.05, 0.1) is 17.1 Å². The van der Waals surface area contributed by atoms with Crippen LogP contribution in [0.25, 0.3) is 0 Å². The minimum atomic E-state index is -3.87. The number of hydrogen-bond acceptors (Lipinski definition) is 4. The van der Waals surface area contributed by atoms with E-state index in [4.69, 9.17) is 22.5 Å². The Bertz CT molecular complexity index is 765. The summed E-state index contributed by atoms with van der Waals surface area (Å²) in [6.07, 6.45) is 0. The normalized spacial score (nSPS) is 11.3. The minimum Gasteiger partial charge on any atom is -0.396 e. The van der Waals surface area contributed by atoms with Crippen molar-refractivity contribution in [3.8, 4) is 0 Å². The second-order valence-corrected chi connectivity index (χ2v) is 6.83. The molecule has 0 bridgehead atoms. The Balaban J connectivity index is 2.47. The van der Waals surface area contributed by atoms with Crippen LogP contribution in [0.15, 0.2) is 45.8 Å². The van der Waals surface area contributed by atoms with E-state index in [9.17, 15) is 8.42 Å². The van der Waals surface area contributed by atoms with Crippen molar-refractivity contribution in [2.45, 2.75) is 4.90 Å². The van der Waals surface area contributed by atoms with Crippen LogP contribution in [0.3, 0.4) is 0 Å². The lowest BCUT2D eigenvalue weighted by Gasteiger charge is -2.13. The molecule has 2 aromatic rings. The highest BCUT2D eigenvalue weighted by atomic mass is 79.9. The van der Waals surface area contributed by atoms with Crippen molar-refractivity contribution in [3.05, 3.63) is 45.9 Å². The molecule has 0 saturated heterocycles. The number of anilines is 3. The molecule has 5 N–H and O–H groups in total. The van der Waals surface area contributed by atoms with Gasteiger partial charge in [0, 0.05) is 9.50 Å². The van der Waals surface area contributed by atoms with Crippen LogP contribution < -0.4 is 16.2 Å². The first-order valence-electron chi connectivity index (χ1n) is 5.42. The number of nitrogens with one attached hydrogen (secondary N) is 1. The van der Waals surface area contributed by atoms with Crippen molar-refractivity contribution in [2.24, 2.45) is 5.14 Å². The molecular formula is C12H11BrClN3O2S. The van der Waals surface area contributed by atoms with Gasteiger partial charge in [0.2, 0.25) is 10.0 Å². The molecule has 2 rings (SSSR count). The van der Waals surface area contributed by atoms with Gasteiger partial charge in [0.15, 0.2) is 0 Å². The average molecular weight is 377 g/mol. The van der Waals surface area contributed by atoms with E-state index < -0.39 is 10.0 Å². The van der Waals surface area contributed by atoms with Gasteiger partial charge in [-0.25, -0.2) is 13.6 Å². The topological polar surface area (TPSA) is 98.2 Å². The van der Waals surface area contributed by atoms with Crippen molar-refractivity contribution in [1.29, 1.82) is 0 Å². The number of hydrogen-bond donors (Lipinski definition) is 3. The molecule has 5 nitrogen and oxygen atoms in total. The second kappa shape index (κ2) is 5.61. The van der Waals surface area contributed by atoms with Gasteiger partial charge in [-0.15, -0.1) is 0 Å². The van der Waals surface area contributed by atoms with Gasteiger partial charge in [-0.2, -0.15) is 0 Å². The molecule has 0 atom stereocenters. The fourth-order valence-electron chi connectivity index (χ4n) is 1.64. The molecule has 8 heteroatoms. The number of benzene rings is 2. The molecule has 0 radical (unpaired) electrons. The van der Waals surface area contributed by atoms with Crippen LogP contribution in [0.5, 0.6) is 0 Å². The Morgan fingerprint density at radius 3 is 2.50 bits per heavy atom. The maximum atomic E-state index is 11.4. The first kappa shape index (κ1) is 15.1. The van der Waals surface area contributed by atoms with Crippen LogP contribution >= 0.6 is 27.5 Å². The Kier molecular flexibility index (Phi) is 4.24. The summed E-state index contributed by atoms with van der Waals surface area (Å²) in [5, 5.41) is 8.66. The minimum absolute atomic E-state index is 0.0573. The van der Waals surface area contributed by atoms with E-state index in [1.807, 2.05) is 0 Å². The molecule has 0 aliphatic carbocycles. The fourth-order valence-corrected chi connectivity index (χ4v) is 2.84. The maximum Gasteiger partial charge on any atom is 0.240 e. The first-order chi connectivity index (χ1) is 9.29. The molecule has 0 fully saturated rings. The highest BCUT2D eigenvalue weighted by molar-refractivity contribution is 9.10. The van der Waals surface area contributed by atoms with Gasteiger partial charge in [0.1, 0.15) is 4.90 Å². The van der Waals surface area contributed by atoms with Crippen molar-refractivity contribution >= 4 is 54.6 Å². The zero-order valence-corrected chi connectivity index (χ0v) is 13.3. The predicted octanol–water partition coefficient (Wildman–Crippen LogP) is 3.08. The van der Waals surface area contributed by atoms with Crippen LogP contribution in [-0.2, 0) is 10.0 Å². The third-order valence-corrected chi connectivity index (χ3v) is 4.47. The Morgan fingerprint density at radius 2 is 1.85 bits per heavy atom. The van der Waals surface area contributed by atoms with E-state index in [-0.39, 0.29) is 10.6 Å². The molecular weight excluding hydrogens is 366 g/mol. The predicted molar refractivity (Wildman–Crippen MR) is 84.7 cm³/mol. The summed E-state index contributed by atoms with van der Waals surface area (Å²) in [5.74, 6) is 0. The summed E-state index contributed by atoms with van der Waals surface area (Å²) in [7, 11) is -3.87. The molecule has 0 amide bonds. The van der Waals surface area contributed by atoms with E-state index in [2.05, 4.69) is 21.2 Å². The molecule has 0 aromatic heterocycles. The van der Waals surface area contributed by atoms with E-state index >= 15 is 0 Å². The number of para-hydroxylation sites is 1. The Hall–Kier alpha value is -1.28. The largest absolute Gasteiger partial charge is 0.396 e. The van der Waals surface area contributed by atoms with E-state index in [1.54, 1.807) is 30.3 Å².